The van der Waals surface area contributed by atoms with E-state index in [0.29, 0.717) is 11.4 Å². The maximum Gasteiger partial charge on any atom is 0.115 e. The molecule has 0 unspecified atom stereocenters. The Morgan fingerprint density at radius 1 is 0.588 bits per heavy atom. The maximum atomic E-state index is 9.07. The zero-order chi connectivity index (χ0) is 11.4. The largest absolute Gasteiger partial charge is 0.508 e. The topological polar surface area (TPSA) is 96.7 Å². The molecule has 5 nitrogen and oxygen atoms in total. The Morgan fingerprint density at radius 3 is 1.18 bits per heavy atom. The van der Waals surface area contributed by atoms with Crippen LogP contribution in [0.5, 0.6) is 11.5 Å². The number of aromatic hydroxyl groups is 2. The maximum absolute atomic E-state index is 9.07. The van der Waals surface area contributed by atoms with Gasteiger partial charge in [0.05, 0.1) is 11.4 Å². The highest BCUT2D eigenvalue weighted by atomic mass is 16.3. The molecule has 0 spiro atoms. The van der Waals surface area contributed by atoms with Crippen molar-refractivity contribution in [2.24, 2.45) is 10.2 Å². The first-order valence-electron chi connectivity index (χ1n) is 4.74. The molecular formula is C12H12N2O3. The van der Waals surface area contributed by atoms with Gasteiger partial charge in [0, 0.05) is 0 Å². The first-order valence-corrected chi connectivity index (χ1v) is 4.74. The molecule has 0 saturated carbocycles. The average Bonchev–Trinajstić information content (AvgIpc) is 2.30. The fourth-order valence-electron chi connectivity index (χ4n) is 1.15. The van der Waals surface area contributed by atoms with Crippen molar-refractivity contribution in [1.29, 1.82) is 0 Å². The molecule has 2 rings (SSSR count). The first-order chi connectivity index (χ1) is 7.74. The molecule has 0 atom stereocenters. The fourth-order valence-corrected chi connectivity index (χ4v) is 1.15. The van der Waals surface area contributed by atoms with Crippen molar-refractivity contribution in [3.05, 3.63) is 48.5 Å². The molecule has 2 aromatic rings. The lowest BCUT2D eigenvalue weighted by Crippen LogP contribution is -1.66. The summed E-state index contributed by atoms with van der Waals surface area (Å²) in [5, 5.41) is 26.1. The molecule has 0 heterocycles. The minimum atomic E-state index is 0. The average molecular weight is 232 g/mol. The van der Waals surface area contributed by atoms with Crippen LogP contribution in [0.25, 0.3) is 0 Å². The number of hydrogen-bond acceptors (Lipinski definition) is 4. The van der Waals surface area contributed by atoms with Gasteiger partial charge in [0.25, 0.3) is 0 Å². The zero-order valence-electron chi connectivity index (χ0n) is 8.91. The summed E-state index contributed by atoms with van der Waals surface area (Å²) in [6.07, 6.45) is 0. The minimum Gasteiger partial charge on any atom is -0.508 e. The van der Waals surface area contributed by atoms with Gasteiger partial charge in [-0.3, -0.25) is 0 Å². The third-order valence-corrected chi connectivity index (χ3v) is 1.98. The predicted octanol–water partition coefficient (Wildman–Crippen LogP) is 2.69. The number of phenols is 2. The lowest BCUT2D eigenvalue weighted by molar-refractivity contribution is 0.475. The summed E-state index contributed by atoms with van der Waals surface area (Å²) in [5.74, 6) is 0.396. The summed E-state index contributed by atoms with van der Waals surface area (Å²) in [5.41, 5.74) is 1.32. The van der Waals surface area contributed by atoms with Crippen LogP contribution in [0.15, 0.2) is 58.8 Å². The molecule has 0 aromatic heterocycles. The Bertz CT molecular complexity index is 445. The molecule has 4 N–H and O–H groups in total. The summed E-state index contributed by atoms with van der Waals surface area (Å²) in [6, 6.07) is 12.9. The Morgan fingerprint density at radius 2 is 0.882 bits per heavy atom. The summed E-state index contributed by atoms with van der Waals surface area (Å²) >= 11 is 0. The Kier molecular flexibility index (Phi) is 4.19. The van der Waals surface area contributed by atoms with Crippen LogP contribution < -0.4 is 0 Å². The van der Waals surface area contributed by atoms with Gasteiger partial charge in [-0.1, -0.05) is 0 Å². The highest BCUT2D eigenvalue weighted by Gasteiger charge is 1.92. The standard InChI is InChI=1S/C12H10N2O2.H2O/c15-11-5-1-9(2-6-11)13-14-10-3-7-12(16)8-4-10;/h1-8,15-16H;1H2. The second-order valence-corrected chi connectivity index (χ2v) is 3.23. The molecule has 0 aliphatic heterocycles. The molecule has 0 aliphatic carbocycles. The third-order valence-electron chi connectivity index (χ3n) is 1.98. The number of rotatable bonds is 2. The minimum absolute atomic E-state index is 0. The van der Waals surface area contributed by atoms with E-state index in [0.717, 1.165) is 0 Å². The number of azo groups is 1. The number of phenolic OH excluding ortho intramolecular Hbond substituents is 2. The molecular weight excluding hydrogens is 220 g/mol. The van der Waals surface area contributed by atoms with E-state index in [4.69, 9.17) is 10.2 Å². The SMILES string of the molecule is O.Oc1ccc(N=Nc2ccc(O)cc2)cc1. The zero-order valence-corrected chi connectivity index (χ0v) is 8.91. The van der Waals surface area contributed by atoms with Crippen LogP contribution in [0.4, 0.5) is 11.4 Å². The summed E-state index contributed by atoms with van der Waals surface area (Å²) < 4.78 is 0. The van der Waals surface area contributed by atoms with Crippen LogP contribution in [-0.2, 0) is 0 Å². The highest BCUT2D eigenvalue weighted by molar-refractivity contribution is 5.43. The third kappa shape index (κ3) is 3.58. The van der Waals surface area contributed by atoms with Gasteiger partial charge < -0.3 is 15.7 Å². The Balaban J connectivity index is 0.00000144. The highest BCUT2D eigenvalue weighted by Crippen LogP contribution is 2.21. The number of nitrogens with zero attached hydrogens (tertiary/aromatic N) is 2. The van der Waals surface area contributed by atoms with Gasteiger partial charge in [0.15, 0.2) is 0 Å². The molecule has 5 heteroatoms. The van der Waals surface area contributed by atoms with E-state index < -0.39 is 0 Å². The Hall–Kier alpha value is -2.40. The van der Waals surface area contributed by atoms with Gasteiger partial charge in [0.1, 0.15) is 11.5 Å². The van der Waals surface area contributed by atoms with E-state index in [1.54, 1.807) is 48.5 Å². The van der Waals surface area contributed by atoms with E-state index in [9.17, 15) is 0 Å². The van der Waals surface area contributed by atoms with Gasteiger partial charge in [-0.25, -0.2) is 0 Å². The van der Waals surface area contributed by atoms with Crippen molar-refractivity contribution in [1.82, 2.24) is 0 Å². The van der Waals surface area contributed by atoms with Crippen molar-refractivity contribution in [2.45, 2.75) is 0 Å². The van der Waals surface area contributed by atoms with Crippen molar-refractivity contribution in [3.63, 3.8) is 0 Å². The normalized spacial score (nSPS) is 10.1. The van der Waals surface area contributed by atoms with E-state index in [1.807, 2.05) is 0 Å². The summed E-state index contributed by atoms with van der Waals surface area (Å²) in [4.78, 5) is 0. The second-order valence-electron chi connectivity index (χ2n) is 3.23. The van der Waals surface area contributed by atoms with Crippen molar-refractivity contribution in [2.75, 3.05) is 0 Å². The van der Waals surface area contributed by atoms with E-state index in [2.05, 4.69) is 10.2 Å². The van der Waals surface area contributed by atoms with Crippen molar-refractivity contribution >= 4 is 11.4 Å². The summed E-state index contributed by atoms with van der Waals surface area (Å²) in [7, 11) is 0. The molecule has 0 amide bonds. The lowest BCUT2D eigenvalue weighted by Gasteiger charge is -1.94. The van der Waals surface area contributed by atoms with Gasteiger partial charge in [-0.2, -0.15) is 10.2 Å². The van der Waals surface area contributed by atoms with Crippen molar-refractivity contribution in [3.8, 4) is 11.5 Å². The Labute approximate surface area is 98.0 Å². The molecule has 2 aromatic carbocycles. The molecule has 0 radical (unpaired) electrons. The lowest BCUT2D eigenvalue weighted by atomic mass is 10.3. The smallest absolute Gasteiger partial charge is 0.115 e. The van der Waals surface area contributed by atoms with Crippen LogP contribution in [0.1, 0.15) is 0 Å². The molecule has 0 saturated heterocycles. The number of hydrogen-bond donors (Lipinski definition) is 2. The first kappa shape index (κ1) is 12.7. The van der Waals surface area contributed by atoms with Crippen LogP contribution in [-0.4, -0.2) is 15.7 Å². The number of benzene rings is 2. The van der Waals surface area contributed by atoms with E-state index in [-0.39, 0.29) is 17.0 Å². The van der Waals surface area contributed by atoms with Crippen LogP contribution in [0.3, 0.4) is 0 Å². The van der Waals surface area contributed by atoms with Gasteiger partial charge in [-0.15, -0.1) is 0 Å². The van der Waals surface area contributed by atoms with Crippen LogP contribution >= 0.6 is 0 Å². The second kappa shape index (κ2) is 5.62. The fraction of sp³-hybridized carbons (Fsp3) is 0. The molecule has 0 bridgehead atoms. The van der Waals surface area contributed by atoms with E-state index in [1.165, 1.54) is 0 Å². The molecule has 88 valence electrons. The van der Waals surface area contributed by atoms with Crippen LogP contribution in [0.2, 0.25) is 0 Å². The van der Waals surface area contributed by atoms with Crippen LogP contribution in [0, 0.1) is 0 Å². The van der Waals surface area contributed by atoms with E-state index >= 15 is 0 Å². The molecule has 0 fully saturated rings. The van der Waals surface area contributed by atoms with Gasteiger partial charge in [0.2, 0.25) is 0 Å². The summed E-state index contributed by atoms with van der Waals surface area (Å²) in [6.45, 7) is 0. The quantitative estimate of drug-likeness (QED) is 0.778. The van der Waals surface area contributed by atoms with Crippen molar-refractivity contribution < 1.29 is 15.7 Å². The molecule has 0 aliphatic rings. The monoisotopic (exact) mass is 232 g/mol. The van der Waals surface area contributed by atoms with Gasteiger partial charge >= 0.3 is 0 Å². The predicted molar refractivity (Wildman–Crippen MR) is 64.0 cm³/mol. The van der Waals surface area contributed by atoms with Gasteiger partial charge in [-0.05, 0) is 48.5 Å². The molecule has 17 heavy (non-hydrogen) atoms.